The van der Waals surface area contributed by atoms with Gasteiger partial charge in [-0.25, -0.2) is 0 Å². The second kappa shape index (κ2) is 44.1. The van der Waals surface area contributed by atoms with Crippen LogP contribution in [0.5, 0.6) is 0 Å². The molecular formula is C54H91N2O6P. The first kappa shape index (κ1) is 59.9. The number of quaternary nitrogens is 1. The highest BCUT2D eigenvalue weighted by Gasteiger charge is 2.23. The predicted molar refractivity (Wildman–Crippen MR) is 269 cm³/mol. The Morgan fingerprint density at radius 2 is 0.984 bits per heavy atom. The Kier molecular flexibility index (Phi) is 41.9. The molecule has 1 amide bonds. The van der Waals surface area contributed by atoms with Crippen LogP contribution < -0.4 is 10.2 Å². The normalized spacial score (nSPS) is 15.2. The van der Waals surface area contributed by atoms with Crippen molar-refractivity contribution in [3.05, 3.63) is 122 Å². The number of phosphoric acid groups is 1. The summed E-state index contributed by atoms with van der Waals surface area (Å²) in [6.45, 7) is 4.44. The third-order valence-corrected chi connectivity index (χ3v) is 10.9. The number of carbonyl (C=O) groups is 1. The van der Waals surface area contributed by atoms with E-state index >= 15 is 0 Å². The summed E-state index contributed by atoms with van der Waals surface area (Å²) >= 11 is 0. The number of amides is 1. The van der Waals surface area contributed by atoms with Crippen molar-refractivity contribution in [3.63, 3.8) is 0 Å². The maximum Gasteiger partial charge on any atom is 0.268 e. The van der Waals surface area contributed by atoms with Crippen LogP contribution in [0.15, 0.2) is 122 Å². The largest absolute Gasteiger partial charge is 0.756 e. The smallest absolute Gasteiger partial charge is 0.268 e. The van der Waals surface area contributed by atoms with Gasteiger partial charge in [-0.3, -0.25) is 9.36 Å². The average molecular weight is 895 g/mol. The first-order valence-corrected chi connectivity index (χ1v) is 25.9. The van der Waals surface area contributed by atoms with Gasteiger partial charge in [0.05, 0.1) is 39.9 Å². The van der Waals surface area contributed by atoms with E-state index in [0.29, 0.717) is 23.9 Å². The number of aliphatic hydroxyl groups is 1. The van der Waals surface area contributed by atoms with Gasteiger partial charge < -0.3 is 28.8 Å². The number of carbonyl (C=O) groups excluding carboxylic acids is 1. The molecule has 0 spiro atoms. The number of nitrogens with one attached hydrogen (secondary N) is 1. The number of aliphatic hydroxyl groups excluding tert-OH is 1. The van der Waals surface area contributed by atoms with Crippen LogP contribution in [0.1, 0.15) is 162 Å². The Hall–Kier alpha value is -3.10. The van der Waals surface area contributed by atoms with Crippen molar-refractivity contribution in [1.82, 2.24) is 5.32 Å². The van der Waals surface area contributed by atoms with Crippen LogP contribution in [0, 0.1) is 0 Å². The van der Waals surface area contributed by atoms with Crippen molar-refractivity contribution in [2.45, 2.75) is 174 Å². The van der Waals surface area contributed by atoms with Gasteiger partial charge in [-0.1, -0.05) is 180 Å². The second-order valence-electron chi connectivity index (χ2n) is 17.1. The highest BCUT2D eigenvalue weighted by Crippen LogP contribution is 2.38. The monoisotopic (exact) mass is 895 g/mol. The number of hydrogen-bond acceptors (Lipinski definition) is 6. The molecule has 0 saturated carbocycles. The molecule has 3 unspecified atom stereocenters. The number of rotatable bonds is 42. The third-order valence-electron chi connectivity index (χ3n) is 9.91. The van der Waals surface area contributed by atoms with Crippen LogP contribution in [0.2, 0.25) is 0 Å². The SMILES string of the molecule is CC/C=C\C/C=C\C/C=C\C/C=C\C/C=C\C/C=C\C/C=C\C/C=C\CCCCCCC(=O)NC(COP(=O)([O-])OCC[N+](C)(C)C)C(O)/C=C/CC/C=C/CCCCCCCC. The van der Waals surface area contributed by atoms with Gasteiger partial charge in [-0.05, 0) is 96.3 Å². The maximum absolute atomic E-state index is 12.9. The fraction of sp³-hybridized carbons (Fsp3) is 0.611. The lowest BCUT2D eigenvalue weighted by atomic mass is 10.1. The van der Waals surface area contributed by atoms with Crippen molar-refractivity contribution in [2.24, 2.45) is 0 Å². The zero-order chi connectivity index (χ0) is 46.4. The molecule has 2 N–H and O–H groups in total. The zero-order valence-corrected chi connectivity index (χ0v) is 41.4. The van der Waals surface area contributed by atoms with E-state index in [1.54, 1.807) is 6.08 Å². The minimum absolute atomic E-state index is 0.0191. The molecule has 0 aliphatic carbocycles. The fourth-order valence-corrected chi connectivity index (χ4v) is 6.79. The quantitative estimate of drug-likeness (QED) is 0.0273. The zero-order valence-electron chi connectivity index (χ0n) is 40.5. The molecule has 0 aliphatic rings. The van der Waals surface area contributed by atoms with E-state index in [4.69, 9.17) is 9.05 Å². The molecule has 0 aromatic heterocycles. The molecular weight excluding hydrogens is 804 g/mol. The Morgan fingerprint density at radius 1 is 0.571 bits per heavy atom. The van der Waals surface area contributed by atoms with E-state index in [-0.39, 0.29) is 12.5 Å². The van der Waals surface area contributed by atoms with E-state index in [1.807, 2.05) is 27.2 Å². The molecule has 0 saturated heterocycles. The van der Waals surface area contributed by atoms with Gasteiger partial charge in [0.15, 0.2) is 0 Å². The molecule has 358 valence electrons. The van der Waals surface area contributed by atoms with E-state index in [2.05, 4.69) is 129 Å². The molecule has 0 aromatic carbocycles. The van der Waals surface area contributed by atoms with Gasteiger partial charge in [0, 0.05) is 6.42 Å². The van der Waals surface area contributed by atoms with Crippen molar-refractivity contribution in [2.75, 3.05) is 40.9 Å². The van der Waals surface area contributed by atoms with Crippen molar-refractivity contribution >= 4 is 13.7 Å². The van der Waals surface area contributed by atoms with Crippen molar-refractivity contribution in [1.29, 1.82) is 0 Å². The van der Waals surface area contributed by atoms with Crippen LogP contribution in [-0.4, -0.2) is 68.5 Å². The number of unbranched alkanes of at least 4 members (excludes halogenated alkanes) is 11. The molecule has 0 aromatic rings. The van der Waals surface area contributed by atoms with Crippen LogP contribution in [0.3, 0.4) is 0 Å². The summed E-state index contributed by atoms with van der Waals surface area (Å²) in [6.07, 6.45) is 65.4. The number of nitrogens with zero attached hydrogens (tertiary/aromatic N) is 1. The third kappa shape index (κ3) is 46.7. The van der Waals surface area contributed by atoms with E-state index in [9.17, 15) is 19.4 Å². The molecule has 3 atom stereocenters. The minimum Gasteiger partial charge on any atom is -0.756 e. The topological polar surface area (TPSA) is 108 Å². The summed E-state index contributed by atoms with van der Waals surface area (Å²) in [5, 5.41) is 13.7. The number of likely N-dealkylation sites (N-methyl/N-ethyl adjacent to an activating group) is 1. The van der Waals surface area contributed by atoms with Gasteiger partial charge in [0.2, 0.25) is 5.91 Å². The molecule has 8 nitrogen and oxygen atoms in total. The Morgan fingerprint density at radius 3 is 1.48 bits per heavy atom. The van der Waals surface area contributed by atoms with Gasteiger partial charge >= 0.3 is 0 Å². The predicted octanol–water partition coefficient (Wildman–Crippen LogP) is 13.6. The van der Waals surface area contributed by atoms with Gasteiger partial charge in [-0.15, -0.1) is 0 Å². The molecule has 63 heavy (non-hydrogen) atoms. The van der Waals surface area contributed by atoms with Crippen LogP contribution in [0.25, 0.3) is 0 Å². The van der Waals surface area contributed by atoms with Gasteiger partial charge in [-0.2, -0.15) is 0 Å². The Balaban J connectivity index is 4.38. The Labute approximate surface area is 386 Å². The summed E-state index contributed by atoms with van der Waals surface area (Å²) in [5.41, 5.74) is 0. The van der Waals surface area contributed by atoms with Crippen molar-refractivity contribution < 1.29 is 32.9 Å². The van der Waals surface area contributed by atoms with Gasteiger partial charge in [0.1, 0.15) is 13.2 Å². The van der Waals surface area contributed by atoms with Crippen molar-refractivity contribution in [3.8, 4) is 0 Å². The lowest BCUT2D eigenvalue weighted by molar-refractivity contribution is -0.870. The summed E-state index contributed by atoms with van der Waals surface area (Å²) in [5.74, 6) is -0.240. The first-order valence-electron chi connectivity index (χ1n) is 24.4. The van der Waals surface area contributed by atoms with Crippen LogP contribution in [-0.2, 0) is 18.4 Å². The number of hydrogen-bond donors (Lipinski definition) is 2. The lowest BCUT2D eigenvalue weighted by Gasteiger charge is -2.29. The van der Waals surface area contributed by atoms with E-state index in [0.717, 1.165) is 96.3 Å². The van der Waals surface area contributed by atoms with Crippen LogP contribution >= 0.6 is 7.82 Å². The summed E-state index contributed by atoms with van der Waals surface area (Å²) in [7, 11) is 1.20. The standard InChI is InChI=1S/C54H91N2O6P/c1-6-8-10-12-14-16-18-20-21-22-23-24-25-26-27-28-29-30-31-32-33-34-35-36-38-40-42-44-46-48-54(58)55-52(51-62-63(59,60)61-50-49-56(3,4)5)53(57)47-45-43-41-39-37-19-17-15-13-11-9-7-2/h8,10,14,16,20-21,23-24,26-27,29-30,32-33,35-37,39,45,47,52-53,57H,6-7,9,11-13,15,17-19,22,25,28,31,34,38,40-44,46,48-51H2,1-5H3,(H-,55,58,59,60)/b10-8-,16-14-,21-20-,24-23-,27-26-,30-29-,33-32-,36-35-,39-37+,47-45+. The minimum atomic E-state index is -4.61. The summed E-state index contributed by atoms with van der Waals surface area (Å²) < 4.78 is 23.2. The molecule has 0 fully saturated rings. The second-order valence-corrected chi connectivity index (χ2v) is 18.5. The highest BCUT2D eigenvalue weighted by molar-refractivity contribution is 7.45. The molecule has 9 heteroatoms. The van der Waals surface area contributed by atoms with Crippen LogP contribution in [0.4, 0.5) is 0 Å². The van der Waals surface area contributed by atoms with E-state index in [1.165, 1.54) is 38.5 Å². The number of phosphoric ester groups is 1. The number of allylic oxidation sites excluding steroid dienone is 19. The first-order chi connectivity index (χ1) is 30.5. The maximum atomic E-state index is 12.9. The summed E-state index contributed by atoms with van der Waals surface area (Å²) in [6, 6.07) is -0.925. The fourth-order valence-electron chi connectivity index (χ4n) is 6.06. The molecule has 0 heterocycles. The van der Waals surface area contributed by atoms with E-state index < -0.39 is 26.6 Å². The molecule has 0 radical (unpaired) electrons. The average Bonchev–Trinajstić information content (AvgIpc) is 3.24. The summed E-state index contributed by atoms with van der Waals surface area (Å²) in [4.78, 5) is 25.3. The molecule has 0 bridgehead atoms. The highest BCUT2D eigenvalue weighted by atomic mass is 31.2. The van der Waals surface area contributed by atoms with Gasteiger partial charge in [0.25, 0.3) is 7.82 Å². The lowest BCUT2D eigenvalue weighted by Crippen LogP contribution is -2.45. The molecule has 0 rings (SSSR count). The molecule has 0 aliphatic heterocycles. The Bertz CT molecular complexity index is 1430.